The SMILES string of the molecule is CCCNCC(CCCCOC)Cc1ccccc1. The van der Waals surface area contributed by atoms with Crippen LogP contribution in [0.25, 0.3) is 0 Å². The molecule has 0 fully saturated rings. The maximum Gasteiger partial charge on any atom is 0.0462 e. The van der Waals surface area contributed by atoms with Crippen molar-refractivity contribution in [3.63, 3.8) is 0 Å². The first-order chi connectivity index (χ1) is 9.36. The highest BCUT2D eigenvalue weighted by molar-refractivity contribution is 5.15. The summed E-state index contributed by atoms with van der Waals surface area (Å²) in [5.74, 6) is 0.741. The van der Waals surface area contributed by atoms with E-state index in [1.807, 2.05) is 0 Å². The normalized spacial score (nSPS) is 12.5. The molecular weight excluding hydrogens is 234 g/mol. The van der Waals surface area contributed by atoms with Gasteiger partial charge in [0.05, 0.1) is 0 Å². The van der Waals surface area contributed by atoms with E-state index >= 15 is 0 Å². The largest absolute Gasteiger partial charge is 0.385 e. The van der Waals surface area contributed by atoms with Crippen LogP contribution < -0.4 is 5.32 Å². The zero-order valence-electron chi connectivity index (χ0n) is 12.5. The van der Waals surface area contributed by atoms with Crippen molar-refractivity contribution < 1.29 is 4.74 Å². The lowest BCUT2D eigenvalue weighted by Gasteiger charge is -2.17. The van der Waals surface area contributed by atoms with E-state index in [1.165, 1.54) is 37.7 Å². The Balaban J connectivity index is 2.35. The maximum atomic E-state index is 5.12. The van der Waals surface area contributed by atoms with E-state index in [4.69, 9.17) is 4.74 Å². The molecule has 19 heavy (non-hydrogen) atoms. The first kappa shape index (κ1) is 16.2. The summed E-state index contributed by atoms with van der Waals surface area (Å²) in [6.07, 6.45) is 6.12. The Morgan fingerprint density at radius 3 is 2.63 bits per heavy atom. The van der Waals surface area contributed by atoms with Crippen molar-refractivity contribution in [2.45, 2.75) is 39.0 Å². The van der Waals surface area contributed by atoms with Crippen LogP contribution in [0.3, 0.4) is 0 Å². The van der Waals surface area contributed by atoms with Gasteiger partial charge in [-0.25, -0.2) is 0 Å². The molecule has 1 N–H and O–H groups in total. The van der Waals surface area contributed by atoms with Crippen LogP contribution in [0.1, 0.15) is 38.2 Å². The lowest BCUT2D eigenvalue weighted by atomic mass is 9.94. The van der Waals surface area contributed by atoms with Gasteiger partial charge in [0.25, 0.3) is 0 Å². The number of hydrogen-bond donors (Lipinski definition) is 1. The molecule has 1 atom stereocenters. The van der Waals surface area contributed by atoms with E-state index in [-0.39, 0.29) is 0 Å². The monoisotopic (exact) mass is 263 g/mol. The fourth-order valence-electron chi connectivity index (χ4n) is 2.39. The molecule has 0 aliphatic heterocycles. The Labute approximate surface area is 118 Å². The molecule has 0 spiro atoms. The van der Waals surface area contributed by atoms with Crippen LogP contribution in [-0.4, -0.2) is 26.8 Å². The molecule has 2 heteroatoms. The van der Waals surface area contributed by atoms with Crippen molar-refractivity contribution in [1.29, 1.82) is 0 Å². The molecule has 0 aliphatic carbocycles. The number of benzene rings is 1. The minimum Gasteiger partial charge on any atom is -0.385 e. The third-order valence-corrected chi connectivity index (χ3v) is 3.44. The number of methoxy groups -OCH3 is 1. The van der Waals surface area contributed by atoms with Crippen molar-refractivity contribution in [3.8, 4) is 0 Å². The van der Waals surface area contributed by atoms with Gasteiger partial charge in [0.1, 0.15) is 0 Å². The summed E-state index contributed by atoms with van der Waals surface area (Å²) in [6, 6.07) is 10.8. The molecule has 0 heterocycles. The number of hydrogen-bond acceptors (Lipinski definition) is 2. The van der Waals surface area contributed by atoms with Gasteiger partial charge in [-0.2, -0.15) is 0 Å². The van der Waals surface area contributed by atoms with Crippen molar-refractivity contribution in [2.24, 2.45) is 5.92 Å². The molecule has 0 radical (unpaired) electrons. The van der Waals surface area contributed by atoms with Gasteiger partial charge in [-0.3, -0.25) is 0 Å². The summed E-state index contributed by atoms with van der Waals surface area (Å²) in [5, 5.41) is 3.57. The summed E-state index contributed by atoms with van der Waals surface area (Å²) < 4.78 is 5.12. The zero-order chi connectivity index (χ0) is 13.8. The maximum absolute atomic E-state index is 5.12. The van der Waals surface area contributed by atoms with Crippen LogP contribution >= 0.6 is 0 Å². The van der Waals surface area contributed by atoms with Crippen LogP contribution in [0.4, 0.5) is 0 Å². The summed E-state index contributed by atoms with van der Waals surface area (Å²) in [6.45, 7) is 5.37. The van der Waals surface area contributed by atoms with Crippen LogP contribution in [0.2, 0.25) is 0 Å². The number of unbranched alkanes of at least 4 members (excludes halogenated alkanes) is 1. The lowest BCUT2D eigenvalue weighted by Crippen LogP contribution is -2.25. The van der Waals surface area contributed by atoms with Crippen LogP contribution in [0, 0.1) is 5.92 Å². The number of ether oxygens (including phenoxy) is 1. The minimum atomic E-state index is 0.741. The molecule has 0 aromatic heterocycles. The van der Waals surface area contributed by atoms with Gasteiger partial charge >= 0.3 is 0 Å². The van der Waals surface area contributed by atoms with Gasteiger partial charge in [-0.1, -0.05) is 43.7 Å². The van der Waals surface area contributed by atoms with Gasteiger partial charge in [0.15, 0.2) is 0 Å². The molecule has 1 rings (SSSR count). The average molecular weight is 263 g/mol. The van der Waals surface area contributed by atoms with Crippen molar-refractivity contribution in [2.75, 3.05) is 26.8 Å². The van der Waals surface area contributed by atoms with E-state index in [0.717, 1.165) is 25.6 Å². The quantitative estimate of drug-likeness (QED) is 0.615. The Hall–Kier alpha value is -0.860. The molecule has 0 amide bonds. The Bertz CT molecular complexity index is 299. The Morgan fingerprint density at radius 1 is 1.16 bits per heavy atom. The zero-order valence-corrected chi connectivity index (χ0v) is 12.5. The third kappa shape index (κ3) is 8.02. The highest BCUT2D eigenvalue weighted by Gasteiger charge is 2.09. The highest BCUT2D eigenvalue weighted by atomic mass is 16.5. The van der Waals surface area contributed by atoms with E-state index in [0.29, 0.717) is 0 Å². The smallest absolute Gasteiger partial charge is 0.0462 e. The fraction of sp³-hybridized carbons (Fsp3) is 0.647. The predicted octanol–water partition coefficient (Wildman–Crippen LogP) is 3.66. The molecule has 1 unspecified atom stereocenters. The third-order valence-electron chi connectivity index (χ3n) is 3.44. The topological polar surface area (TPSA) is 21.3 Å². The molecule has 1 aromatic rings. The molecular formula is C17H29NO. The molecule has 2 nitrogen and oxygen atoms in total. The van der Waals surface area contributed by atoms with Gasteiger partial charge in [-0.15, -0.1) is 0 Å². The summed E-state index contributed by atoms with van der Waals surface area (Å²) in [5.41, 5.74) is 1.46. The standard InChI is InChI=1S/C17H29NO/c1-3-12-18-15-17(11-7-8-13-19-2)14-16-9-5-4-6-10-16/h4-6,9-10,17-18H,3,7-8,11-15H2,1-2H3. The van der Waals surface area contributed by atoms with E-state index in [9.17, 15) is 0 Å². The van der Waals surface area contributed by atoms with Crippen molar-refractivity contribution >= 4 is 0 Å². The molecule has 108 valence electrons. The second-order valence-corrected chi connectivity index (χ2v) is 5.25. The summed E-state index contributed by atoms with van der Waals surface area (Å²) in [4.78, 5) is 0. The Morgan fingerprint density at radius 2 is 1.95 bits per heavy atom. The first-order valence-electron chi connectivity index (χ1n) is 7.60. The van der Waals surface area contributed by atoms with Crippen LogP contribution in [0.5, 0.6) is 0 Å². The fourth-order valence-corrected chi connectivity index (χ4v) is 2.39. The van der Waals surface area contributed by atoms with E-state index < -0.39 is 0 Å². The van der Waals surface area contributed by atoms with Gasteiger partial charge < -0.3 is 10.1 Å². The Kier molecular flexibility index (Phi) is 9.38. The average Bonchev–Trinajstić information content (AvgIpc) is 2.44. The van der Waals surface area contributed by atoms with Gasteiger partial charge in [-0.05, 0) is 50.3 Å². The van der Waals surface area contributed by atoms with E-state index in [2.05, 4.69) is 42.6 Å². The number of rotatable bonds is 11. The lowest BCUT2D eigenvalue weighted by molar-refractivity contribution is 0.190. The second-order valence-electron chi connectivity index (χ2n) is 5.25. The molecule has 0 saturated carbocycles. The van der Waals surface area contributed by atoms with Crippen LogP contribution in [0.15, 0.2) is 30.3 Å². The molecule has 0 aliphatic rings. The van der Waals surface area contributed by atoms with Gasteiger partial charge in [0.2, 0.25) is 0 Å². The molecule has 0 saturated heterocycles. The van der Waals surface area contributed by atoms with Crippen molar-refractivity contribution in [3.05, 3.63) is 35.9 Å². The molecule has 0 bridgehead atoms. The minimum absolute atomic E-state index is 0.741. The van der Waals surface area contributed by atoms with Crippen LogP contribution in [-0.2, 0) is 11.2 Å². The highest BCUT2D eigenvalue weighted by Crippen LogP contribution is 2.15. The van der Waals surface area contributed by atoms with Gasteiger partial charge in [0, 0.05) is 13.7 Å². The second kappa shape index (κ2) is 11.0. The molecule has 1 aromatic carbocycles. The first-order valence-corrected chi connectivity index (χ1v) is 7.60. The summed E-state index contributed by atoms with van der Waals surface area (Å²) in [7, 11) is 1.78. The summed E-state index contributed by atoms with van der Waals surface area (Å²) >= 11 is 0. The number of nitrogens with one attached hydrogen (secondary N) is 1. The van der Waals surface area contributed by atoms with Crippen molar-refractivity contribution in [1.82, 2.24) is 5.32 Å². The van der Waals surface area contributed by atoms with E-state index in [1.54, 1.807) is 7.11 Å². The predicted molar refractivity (Wildman–Crippen MR) is 82.5 cm³/mol.